The standard InChI is InChI=1S/C26H26F3N3O3S/c1-2-13-30-36(34,35)32-22-14-18-9-12-21(15-19(18)16-22)31-25(33)24-6-4-3-5-23(24)17-7-10-20(11-8-17)26(27,28)29/h3-12,15,22,30,32H,2,13-14,16H2,1H3,(H,31,33). The van der Waals surface area contributed by atoms with Gasteiger partial charge in [0.25, 0.3) is 16.1 Å². The first-order chi connectivity index (χ1) is 17.1. The van der Waals surface area contributed by atoms with Crippen LogP contribution < -0.4 is 14.8 Å². The lowest BCUT2D eigenvalue weighted by Crippen LogP contribution is -2.43. The van der Waals surface area contributed by atoms with Crippen LogP contribution in [0, 0.1) is 0 Å². The van der Waals surface area contributed by atoms with Crippen molar-refractivity contribution in [3.63, 3.8) is 0 Å². The maximum atomic E-state index is 13.1. The number of anilines is 1. The number of alkyl halides is 3. The molecule has 3 N–H and O–H groups in total. The molecule has 0 radical (unpaired) electrons. The van der Waals surface area contributed by atoms with E-state index in [9.17, 15) is 26.4 Å². The van der Waals surface area contributed by atoms with Crippen LogP contribution in [0.5, 0.6) is 0 Å². The SMILES string of the molecule is CCCNS(=O)(=O)NC1Cc2ccc(NC(=O)c3ccccc3-c3ccc(C(F)(F)F)cc3)cc2C1. The number of halogens is 3. The fraction of sp³-hybridized carbons (Fsp3) is 0.269. The molecule has 1 atom stereocenters. The quantitative estimate of drug-likeness (QED) is 0.396. The van der Waals surface area contributed by atoms with Gasteiger partial charge in [-0.2, -0.15) is 26.3 Å². The molecule has 3 aromatic rings. The molecule has 3 aromatic carbocycles. The van der Waals surface area contributed by atoms with Crippen molar-refractivity contribution in [1.82, 2.24) is 9.44 Å². The van der Waals surface area contributed by atoms with E-state index in [4.69, 9.17) is 0 Å². The summed E-state index contributed by atoms with van der Waals surface area (Å²) in [6, 6.07) is 16.5. The molecule has 1 aliphatic rings. The highest BCUT2D eigenvalue weighted by molar-refractivity contribution is 7.87. The van der Waals surface area contributed by atoms with Gasteiger partial charge in [0.2, 0.25) is 0 Å². The van der Waals surface area contributed by atoms with Crippen molar-refractivity contribution >= 4 is 21.8 Å². The maximum Gasteiger partial charge on any atom is 0.416 e. The molecule has 0 saturated heterocycles. The van der Waals surface area contributed by atoms with Crippen molar-refractivity contribution in [2.45, 2.75) is 38.4 Å². The number of nitrogens with one attached hydrogen (secondary N) is 3. The van der Waals surface area contributed by atoms with E-state index >= 15 is 0 Å². The number of benzene rings is 3. The van der Waals surface area contributed by atoms with Crippen LogP contribution in [0.25, 0.3) is 11.1 Å². The van der Waals surface area contributed by atoms with Crippen molar-refractivity contribution in [3.05, 3.63) is 89.0 Å². The Labute approximate surface area is 208 Å². The van der Waals surface area contributed by atoms with Crippen LogP contribution in [0.1, 0.15) is 40.4 Å². The lowest BCUT2D eigenvalue weighted by molar-refractivity contribution is -0.137. The average Bonchev–Trinajstić information content (AvgIpc) is 3.23. The normalized spacial score (nSPS) is 15.5. The predicted octanol–water partition coefficient (Wildman–Crippen LogP) is 4.93. The molecule has 0 saturated carbocycles. The molecule has 190 valence electrons. The molecular weight excluding hydrogens is 491 g/mol. The molecule has 0 fully saturated rings. The number of carbonyl (C=O) groups excluding carboxylic acids is 1. The third-order valence-corrected chi connectivity index (χ3v) is 7.18. The lowest BCUT2D eigenvalue weighted by atomic mass is 9.98. The summed E-state index contributed by atoms with van der Waals surface area (Å²) < 4.78 is 68.2. The zero-order chi connectivity index (χ0) is 25.9. The van der Waals surface area contributed by atoms with Crippen molar-refractivity contribution in [1.29, 1.82) is 0 Å². The Morgan fingerprint density at radius 2 is 1.67 bits per heavy atom. The molecule has 0 aromatic heterocycles. The first-order valence-corrected chi connectivity index (χ1v) is 13.0. The Kier molecular flexibility index (Phi) is 7.49. The third-order valence-electron chi connectivity index (χ3n) is 5.96. The number of rotatable bonds is 8. The molecule has 1 unspecified atom stereocenters. The van der Waals surface area contributed by atoms with Crippen LogP contribution in [0.15, 0.2) is 66.7 Å². The van der Waals surface area contributed by atoms with E-state index in [0.717, 1.165) is 23.3 Å². The molecule has 4 rings (SSSR count). The fourth-order valence-corrected chi connectivity index (χ4v) is 5.41. The van der Waals surface area contributed by atoms with Crippen LogP contribution in [0.3, 0.4) is 0 Å². The lowest BCUT2D eigenvalue weighted by Gasteiger charge is -2.13. The summed E-state index contributed by atoms with van der Waals surface area (Å²) in [7, 11) is -3.58. The minimum atomic E-state index is -4.44. The van der Waals surface area contributed by atoms with Gasteiger partial charge in [-0.25, -0.2) is 4.72 Å². The molecule has 1 aliphatic carbocycles. The van der Waals surface area contributed by atoms with Crippen LogP contribution in [-0.4, -0.2) is 26.9 Å². The Bertz CT molecular complexity index is 1360. The van der Waals surface area contributed by atoms with Gasteiger partial charge in [0.05, 0.1) is 5.56 Å². The molecule has 1 amide bonds. The van der Waals surface area contributed by atoms with E-state index in [-0.39, 0.29) is 6.04 Å². The second kappa shape index (κ2) is 10.4. The maximum absolute atomic E-state index is 13.1. The van der Waals surface area contributed by atoms with E-state index < -0.39 is 27.9 Å². The second-order valence-electron chi connectivity index (χ2n) is 8.68. The Morgan fingerprint density at radius 3 is 2.36 bits per heavy atom. The minimum absolute atomic E-state index is 0.277. The van der Waals surface area contributed by atoms with Crippen LogP contribution >= 0.6 is 0 Å². The van der Waals surface area contributed by atoms with Crippen molar-refractivity contribution < 1.29 is 26.4 Å². The van der Waals surface area contributed by atoms with Gasteiger partial charge in [0.1, 0.15) is 0 Å². The molecule has 0 bridgehead atoms. The summed E-state index contributed by atoms with van der Waals surface area (Å²) in [5.74, 6) is -0.399. The van der Waals surface area contributed by atoms with Crippen molar-refractivity contribution in [2.24, 2.45) is 0 Å². The van der Waals surface area contributed by atoms with Gasteiger partial charge in [0.15, 0.2) is 0 Å². The molecule has 0 spiro atoms. The number of hydrogen-bond acceptors (Lipinski definition) is 3. The van der Waals surface area contributed by atoms with Crippen LogP contribution in [0.2, 0.25) is 0 Å². The third kappa shape index (κ3) is 6.13. The fourth-order valence-electron chi connectivity index (χ4n) is 4.25. The average molecular weight is 518 g/mol. The summed E-state index contributed by atoms with van der Waals surface area (Å²) in [5.41, 5.74) is 3.06. The van der Waals surface area contributed by atoms with Gasteiger partial charge in [-0.05, 0) is 71.8 Å². The summed E-state index contributed by atoms with van der Waals surface area (Å²) >= 11 is 0. The molecule has 0 heterocycles. The van der Waals surface area contributed by atoms with Gasteiger partial charge < -0.3 is 5.32 Å². The van der Waals surface area contributed by atoms with Gasteiger partial charge in [-0.1, -0.05) is 43.3 Å². The Balaban J connectivity index is 1.48. The molecule has 0 aliphatic heterocycles. The van der Waals surface area contributed by atoms with E-state index in [0.29, 0.717) is 48.2 Å². The van der Waals surface area contributed by atoms with E-state index in [2.05, 4.69) is 14.8 Å². The van der Waals surface area contributed by atoms with Gasteiger partial charge in [-0.15, -0.1) is 0 Å². The minimum Gasteiger partial charge on any atom is -0.322 e. The largest absolute Gasteiger partial charge is 0.416 e. The molecule has 6 nitrogen and oxygen atoms in total. The molecule has 36 heavy (non-hydrogen) atoms. The first kappa shape index (κ1) is 25.9. The highest BCUT2D eigenvalue weighted by Gasteiger charge is 2.30. The predicted molar refractivity (Wildman–Crippen MR) is 133 cm³/mol. The Morgan fingerprint density at radius 1 is 0.972 bits per heavy atom. The van der Waals surface area contributed by atoms with E-state index in [1.54, 1.807) is 30.3 Å². The van der Waals surface area contributed by atoms with Crippen LogP contribution in [0.4, 0.5) is 18.9 Å². The second-order valence-corrected chi connectivity index (χ2v) is 10.2. The van der Waals surface area contributed by atoms with Gasteiger partial charge in [-0.3, -0.25) is 4.79 Å². The topological polar surface area (TPSA) is 87.3 Å². The summed E-state index contributed by atoms with van der Waals surface area (Å²) in [6.07, 6.45) is -2.70. The monoisotopic (exact) mass is 517 g/mol. The summed E-state index contributed by atoms with van der Waals surface area (Å²) in [5, 5.41) is 2.85. The van der Waals surface area contributed by atoms with Crippen molar-refractivity contribution in [2.75, 3.05) is 11.9 Å². The zero-order valence-corrected chi connectivity index (χ0v) is 20.3. The number of hydrogen-bond donors (Lipinski definition) is 3. The highest BCUT2D eigenvalue weighted by atomic mass is 32.2. The van der Waals surface area contributed by atoms with E-state index in [1.165, 1.54) is 12.1 Å². The summed E-state index contributed by atoms with van der Waals surface area (Å²) in [6.45, 7) is 2.24. The molecular formula is C26H26F3N3O3S. The first-order valence-electron chi connectivity index (χ1n) is 11.5. The van der Waals surface area contributed by atoms with Crippen molar-refractivity contribution in [3.8, 4) is 11.1 Å². The Hall–Kier alpha value is -3.21. The van der Waals surface area contributed by atoms with Crippen LogP contribution in [-0.2, 0) is 29.2 Å². The van der Waals surface area contributed by atoms with E-state index in [1.807, 2.05) is 19.1 Å². The molecule has 10 heteroatoms. The number of carbonyl (C=O) groups is 1. The summed E-state index contributed by atoms with van der Waals surface area (Å²) in [4.78, 5) is 13.1. The van der Waals surface area contributed by atoms with Gasteiger partial charge >= 0.3 is 6.18 Å². The highest BCUT2D eigenvalue weighted by Crippen LogP contribution is 2.32. The zero-order valence-electron chi connectivity index (χ0n) is 19.5. The number of amides is 1. The smallest absolute Gasteiger partial charge is 0.322 e. The number of fused-ring (bicyclic) bond motifs is 1. The van der Waals surface area contributed by atoms with Gasteiger partial charge in [0, 0.05) is 23.8 Å².